The number of benzene rings is 10. The van der Waals surface area contributed by atoms with Gasteiger partial charge in [0, 0.05) is 33.0 Å². The maximum atomic E-state index is 2.48. The highest BCUT2D eigenvalue weighted by Crippen LogP contribution is 2.46. The number of anilines is 3. The Labute approximate surface area is 350 Å². The summed E-state index contributed by atoms with van der Waals surface area (Å²) in [7, 11) is 0. The molecule has 1 heterocycles. The maximum absolute atomic E-state index is 2.48. The molecule has 2 heteroatoms. The van der Waals surface area contributed by atoms with E-state index in [9.17, 15) is 0 Å². The van der Waals surface area contributed by atoms with E-state index >= 15 is 0 Å². The molecule has 60 heavy (non-hydrogen) atoms. The van der Waals surface area contributed by atoms with Crippen LogP contribution in [-0.4, -0.2) is 4.57 Å². The smallest absolute Gasteiger partial charge is 0.0562 e. The number of hydrogen-bond donors (Lipinski definition) is 0. The predicted molar refractivity (Wildman–Crippen MR) is 255 cm³/mol. The fourth-order valence-corrected chi connectivity index (χ4v) is 9.05. The third-order valence-electron chi connectivity index (χ3n) is 11.8. The largest absolute Gasteiger partial charge is 0.309 e. The monoisotopic (exact) mass is 764 g/mol. The van der Waals surface area contributed by atoms with E-state index < -0.39 is 0 Å². The van der Waals surface area contributed by atoms with Crippen molar-refractivity contribution in [2.45, 2.75) is 0 Å². The maximum Gasteiger partial charge on any atom is 0.0562 e. The number of para-hydroxylation sites is 2. The molecule has 11 rings (SSSR count). The Morgan fingerprint density at radius 1 is 0.300 bits per heavy atom. The van der Waals surface area contributed by atoms with Gasteiger partial charge in [-0.25, -0.2) is 0 Å². The second-order valence-corrected chi connectivity index (χ2v) is 15.3. The van der Waals surface area contributed by atoms with Gasteiger partial charge < -0.3 is 9.47 Å². The molecular formula is C58H40N2. The zero-order chi connectivity index (χ0) is 39.8. The fraction of sp³-hybridized carbons (Fsp3) is 0. The van der Waals surface area contributed by atoms with Crippen molar-refractivity contribution >= 4 is 49.6 Å². The molecule has 0 bridgehead atoms. The van der Waals surface area contributed by atoms with Crippen molar-refractivity contribution in [1.82, 2.24) is 4.57 Å². The van der Waals surface area contributed by atoms with Crippen LogP contribution >= 0.6 is 0 Å². The minimum Gasteiger partial charge on any atom is -0.309 e. The van der Waals surface area contributed by atoms with Gasteiger partial charge in [0.15, 0.2) is 0 Å². The summed E-state index contributed by atoms with van der Waals surface area (Å²) in [5.74, 6) is 0. The van der Waals surface area contributed by atoms with Crippen LogP contribution in [0, 0.1) is 0 Å². The molecule has 0 aliphatic carbocycles. The molecule has 0 aliphatic heterocycles. The van der Waals surface area contributed by atoms with Gasteiger partial charge in [-0.2, -0.15) is 0 Å². The van der Waals surface area contributed by atoms with Crippen molar-refractivity contribution in [1.29, 1.82) is 0 Å². The van der Waals surface area contributed by atoms with Crippen LogP contribution < -0.4 is 4.90 Å². The van der Waals surface area contributed by atoms with Crippen LogP contribution in [0.3, 0.4) is 0 Å². The summed E-state index contributed by atoms with van der Waals surface area (Å²) in [6.45, 7) is 0. The average Bonchev–Trinajstić information content (AvgIpc) is 3.66. The van der Waals surface area contributed by atoms with Crippen molar-refractivity contribution in [3.8, 4) is 50.2 Å². The predicted octanol–water partition coefficient (Wildman–Crippen LogP) is 16.1. The first-order valence-corrected chi connectivity index (χ1v) is 20.6. The van der Waals surface area contributed by atoms with E-state index in [1.165, 1.54) is 60.4 Å². The lowest BCUT2D eigenvalue weighted by atomic mass is 9.93. The number of fused-ring (bicyclic) bond motifs is 4. The van der Waals surface area contributed by atoms with Crippen molar-refractivity contribution in [2.75, 3.05) is 4.90 Å². The summed E-state index contributed by atoms with van der Waals surface area (Å²) < 4.78 is 2.48. The SMILES string of the molecule is c1ccc(-c2ccc(-c3ccccc3N(c3ccc4c5ccccc5n(-c5cccc(-c6ccccc6)c5-c5ccccc5)c4c3)c3cccc4ccccc34)cc2)cc1. The zero-order valence-electron chi connectivity index (χ0n) is 33.0. The Hall–Kier alpha value is -7.94. The molecule has 0 saturated heterocycles. The van der Waals surface area contributed by atoms with Crippen LogP contribution in [0.2, 0.25) is 0 Å². The lowest BCUT2D eigenvalue weighted by molar-refractivity contribution is 1.18. The molecule has 0 aliphatic rings. The Morgan fingerprint density at radius 3 is 1.60 bits per heavy atom. The van der Waals surface area contributed by atoms with Gasteiger partial charge in [-0.05, 0) is 75.2 Å². The van der Waals surface area contributed by atoms with Crippen molar-refractivity contribution in [2.24, 2.45) is 0 Å². The average molecular weight is 765 g/mol. The highest BCUT2D eigenvalue weighted by molar-refractivity contribution is 6.12. The standard InChI is InChI=1S/C58H40N2/c1-4-18-41(19-5-1)42-34-36-45(37-35-42)49-27-12-14-30-53(49)59(54-32-16-25-43-22-10-11-26-48(43)54)47-38-39-52-51-28-13-15-31-55(51)60(57(52)40-47)56-33-17-29-50(44-20-6-2-7-21-44)58(56)46-23-8-3-9-24-46/h1-40H. The summed E-state index contributed by atoms with van der Waals surface area (Å²) in [4.78, 5) is 2.46. The molecule has 0 fully saturated rings. The van der Waals surface area contributed by atoms with Gasteiger partial charge in [-0.15, -0.1) is 0 Å². The normalized spacial score (nSPS) is 11.3. The molecule has 2 nitrogen and oxygen atoms in total. The number of aromatic nitrogens is 1. The van der Waals surface area contributed by atoms with Crippen LogP contribution in [0.1, 0.15) is 0 Å². The van der Waals surface area contributed by atoms with E-state index in [4.69, 9.17) is 0 Å². The van der Waals surface area contributed by atoms with Gasteiger partial charge >= 0.3 is 0 Å². The highest BCUT2D eigenvalue weighted by Gasteiger charge is 2.23. The molecule has 0 N–H and O–H groups in total. The quantitative estimate of drug-likeness (QED) is 0.150. The first-order chi connectivity index (χ1) is 29.8. The Bertz CT molecular complexity index is 3290. The number of hydrogen-bond acceptors (Lipinski definition) is 1. The molecule has 0 amide bonds. The van der Waals surface area contributed by atoms with E-state index in [-0.39, 0.29) is 0 Å². The van der Waals surface area contributed by atoms with Crippen molar-refractivity contribution < 1.29 is 0 Å². The molecule has 10 aromatic carbocycles. The second-order valence-electron chi connectivity index (χ2n) is 15.3. The molecule has 0 unspecified atom stereocenters. The first-order valence-electron chi connectivity index (χ1n) is 20.6. The minimum absolute atomic E-state index is 1.08. The second kappa shape index (κ2) is 15.1. The Morgan fingerprint density at radius 2 is 0.817 bits per heavy atom. The fourth-order valence-electron chi connectivity index (χ4n) is 9.05. The lowest BCUT2D eigenvalue weighted by Crippen LogP contribution is -2.12. The molecule has 1 aromatic heterocycles. The van der Waals surface area contributed by atoms with Crippen LogP contribution in [-0.2, 0) is 0 Å². The van der Waals surface area contributed by atoms with Crippen LogP contribution in [0.15, 0.2) is 243 Å². The van der Waals surface area contributed by atoms with Gasteiger partial charge in [0.25, 0.3) is 0 Å². The van der Waals surface area contributed by atoms with E-state index in [1.807, 2.05) is 0 Å². The Kier molecular flexibility index (Phi) is 8.87. The van der Waals surface area contributed by atoms with E-state index in [1.54, 1.807) is 0 Å². The molecule has 11 aromatic rings. The van der Waals surface area contributed by atoms with Crippen molar-refractivity contribution in [3.05, 3.63) is 243 Å². The zero-order valence-corrected chi connectivity index (χ0v) is 33.0. The summed E-state index contributed by atoms with van der Waals surface area (Å²) in [5.41, 5.74) is 16.3. The highest BCUT2D eigenvalue weighted by atomic mass is 15.1. The summed E-state index contributed by atoms with van der Waals surface area (Å²) >= 11 is 0. The van der Waals surface area contributed by atoms with Crippen LogP contribution in [0.25, 0.3) is 82.8 Å². The van der Waals surface area contributed by atoms with Gasteiger partial charge in [0.1, 0.15) is 0 Å². The number of rotatable bonds is 8. The molecular weight excluding hydrogens is 725 g/mol. The molecule has 0 saturated carbocycles. The van der Waals surface area contributed by atoms with E-state index in [2.05, 4.69) is 252 Å². The molecule has 0 radical (unpaired) electrons. The van der Waals surface area contributed by atoms with Gasteiger partial charge in [-0.3, -0.25) is 0 Å². The van der Waals surface area contributed by atoms with Crippen molar-refractivity contribution in [3.63, 3.8) is 0 Å². The third kappa shape index (κ3) is 6.14. The van der Waals surface area contributed by atoms with Gasteiger partial charge in [0.2, 0.25) is 0 Å². The van der Waals surface area contributed by atoms with Crippen LogP contribution in [0.4, 0.5) is 17.1 Å². The third-order valence-corrected chi connectivity index (χ3v) is 11.8. The van der Waals surface area contributed by atoms with Crippen LogP contribution in [0.5, 0.6) is 0 Å². The van der Waals surface area contributed by atoms with E-state index in [0.29, 0.717) is 0 Å². The van der Waals surface area contributed by atoms with Gasteiger partial charge in [0.05, 0.1) is 28.1 Å². The molecule has 0 spiro atoms. The Balaban J connectivity index is 1.17. The molecule has 0 atom stereocenters. The number of nitrogens with zero attached hydrogens (tertiary/aromatic N) is 2. The lowest BCUT2D eigenvalue weighted by Gasteiger charge is -2.29. The summed E-state index contributed by atoms with van der Waals surface area (Å²) in [6, 6.07) is 88.0. The summed E-state index contributed by atoms with van der Waals surface area (Å²) in [5, 5.41) is 4.82. The first kappa shape index (κ1) is 35.2. The molecule has 282 valence electrons. The minimum atomic E-state index is 1.08. The van der Waals surface area contributed by atoms with E-state index in [0.717, 1.165) is 39.4 Å². The van der Waals surface area contributed by atoms with Gasteiger partial charge in [-0.1, -0.05) is 206 Å². The topological polar surface area (TPSA) is 8.17 Å². The summed E-state index contributed by atoms with van der Waals surface area (Å²) in [6.07, 6.45) is 0.